The molecule has 4 heteroatoms. The van der Waals surface area contributed by atoms with Crippen molar-refractivity contribution in [3.05, 3.63) is 66.2 Å². The predicted octanol–water partition coefficient (Wildman–Crippen LogP) is 2.40. The van der Waals surface area contributed by atoms with E-state index in [1.165, 1.54) is 0 Å². The molecule has 2 rings (SSSR count). The van der Waals surface area contributed by atoms with Gasteiger partial charge in [-0.3, -0.25) is 0 Å². The molecule has 0 saturated carbocycles. The number of nitrogens with zero attached hydrogens (tertiary/aromatic N) is 1. The Balaban J connectivity index is 1.88. The minimum absolute atomic E-state index is 0.0630. The lowest BCUT2D eigenvalue weighted by molar-refractivity contribution is 0.0950. The third-order valence-electron chi connectivity index (χ3n) is 3.00. The minimum Gasteiger partial charge on any atom is -0.481 e. The number of anilines is 1. The van der Waals surface area contributed by atoms with E-state index in [0.717, 1.165) is 5.69 Å². The molecule has 0 aromatic heterocycles. The fraction of sp³-hybridized carbons (Fsp3) is 0.250. The molecule has 0 radical (unpaired) electrons. The summed E-state index contributed by atoms with van der Waals surface area (Å²) in [6.45, 7) is 1.55. The van der Waals surface area contributed by atoms with Crippen LogP contribution < -0.4 is 4.90 Å². The molecule has 0 fully saturated rings. The van der Waals surface area contributed by atoms with Crippen molar-refractivity contribution in [1.29, 1.82) is 0 Å². The molecule has 1 aliphatic rings. The number of ether oxygens (including phenoxy) is 1. The molecule has 0 unspecified atom stereocenters. The Labute approximate surface area is 118 Å². The highest BCUT2D eigenvalue weighted by atomic mass is 16.6. The molecule has 1 aromatic carbocycles. The van der Waals surface area contributed by atoms with E-state index in [-0.39, 0.29) is 12.6 Å². The van der Waals surface area contributed by atoms with Crippen LogP contribution in [0.15, 0.2) is 66.2 Å². The summed E-state index contributed by atoms with van der Waals surface area (Å²) in [6.07, 6.45) is 7.27. The van der Waals surface area contributed by atoms with Gasteiger partial charge in [0.2, 0.25) is 0 Å². The zero-order valence-corrected chi connectivity index (χ0v) is 11.3. The first-order valence-corrected chi connectivity index (χ1v) is 6.63. The molecule has 4 nitrogen and oxygen atoms in total. The fourth-order valence-corrected chi connectivity index (χ4v) is 1.98. The third-order valence-corrected chi connectivity index (χ3v) is 3.00. The summed E-state index contributed by atoms with van der Waals surface area (Å²) in [7, 11) is 0. The molecule has 0 amide bonds. The van der Waals surface area contributed by atoms with Crippen molar-refractivity contribution in [3.63, 3.8) is 0 Å². The number of aliphatic hydroxyl groups excluding tert-OH is 2. The smallest absolute Gasteiger partial charge is 0.284 e. The van der Waals surface area contributed by atoms with Gasteiger partial charge in [-0.1, -0.05) is 30.4 Å². The molecule has 2 N–H and O–H groups in total. The van der Waals surface area contributed by atoms with Crippen LogP contribution in [0.4, 0.5) is 5.69 Å². The van der Waals surface area contributed by atoms with E-state index in [4.69, 9.17) is 9.84 Å². The molecule has 0 atom stereocenters. The molecular weight excluding hydrogens is 254 g/mol. The summed E-state index contributed by atoms with van der Waals surface area (Å²) in [5.41, 5.74) is 1.70. The van der Waals surface area contributed by atoms with E-state index in [1.54, 1.807) is 12.2 Å². The Morgan fingerprint density at radius 1 is 1.05 bits per heavy atom. The van der Waals surface area contributed by atoms with Gasteiger partial charge in [0.1, 0.15) is 6.61 Å². The maximum absolute atomic E-state index is 9.75. The maximum atomic E-state index is 9.75. The topological polar surface area (TPSA) is 52.9 Å². The van der Waals surface area contributed by atoms with Gasteiger partial charge < -0.3 is 19.8 Å². The van der Waals surface area contributed by atoms with E-state index in [2.05, 4.69) is 0 Å². The standard InChI is InChI=1S/C16H19NO3/c18-12-10-17(15-8-2-1-3-9-15)11-13-20-16(19)14-6-4-5-7-14/h1-9,18-19H,10-13H2. The van der Waals surface area contributed by atoms with Crippen LogP contribution in [0.5, 0.6) is 0 Å². The van der Waals surface area contributed by atoms with Gasteiger partial charge in [0.05, 0.1) is 18.7 Å². The van der Waals surface area contributed by atoms with Crippen LogP contribution in [0, 0.1) is 0 Å². The highest BCUT2D eigenvalue weighted by molar-refractivity contribution is 5.46. The Hall–Kier alpha value is -2.20. The van der Waals surface area contributed by atoms with Crippen molar-refractivity contribution in [2.24, 2.45) is 0 Å². The Bertz CT molecular complexity index is 492. The van der Waals surface area contributed by atoms with Gasteiger partial charge >= 0.3 is 0 Å². The monoisotopic (exact) mass is 273 g/mol. The number of hydrogen-bond acceptors (Lipinski definition) is 4. The van der Waals surface area contributed by atoms with Gasteiger partial charge in [-0.25, -0.2) is 0 Å². The summed E-state index contributed by atoms with van der Waals surface area (Å²) in [5.74, 6) is -0.0630. The Morgan fingerprint density at radius 2 is 1.75 bits per heavy atom. The summed E-state index contributed by atoms with van der Waals surface area (Å²) < 4.78 is 5.33. The van der Waals surface area contributed by atoms with Crippen LogP contribution >= 0.6 is 0 Å². The first-order valence-electron chi connectivity index (χ1n) is 6.63. The van der Waals surface area contributed by atoms with Crippen LogP contribution in [0.2, 0.25) is 0 Å². The molecule has 0 bridgehead atoms. The third kappa shape index (κ3) is 3.90. The van der Waals surface area contributed by atoms with E-state index in [0.29, 0.717) is 25.3 Å². The molecule has 0 heterocycles. The summed E-state index contributed by atoms with van der Waals surface area (Å²) in [6, 6.07) is 9.82. The quantitative estimate of drug-likeness (QED) is 0.749. The van der Waals surface area contributed by atoms with Crippen LogP contribution in [-0.2, 0) is 4.74 Å². The second-order valence-corrected chi connectivity index (χ2v) is 4.37. The highest BCUT2D eigenvalue weighted by Gasteiger charge is 2.07. The summed E-state index contributed by atoms with van der Waals surface area (Å²) in [4.78, 5) is 2.01. The normalized spacial score (nSPS) is 12.8. The first kappa shape index (κ1) is 14.2. The molecular formula is C16H19NO3. The Morgan fingerprint density at radius 3 is 2.40 bits per heavy atom. The van der Waals surface area contributed by atoms with Gasteiger partial charge in [-0.2, -0.15) is 0 Å². The average molecular weight is 273 g/mol. The number of para-hydroxylation sites is 1. The molecule has 1 aromatic rings. The lowest BCUT2D eigenvalue weighted by atomic mass is 10.3. The SMILES string of the molecule is OCCN(CCOC(O)=C1C=CC=C1)c1ccccc1. The molecule has 0 aliphatic heterocycles. The van der Waals surface area contributed by atoms with E-state index in [1.807, 2.05) is 47.4 Å². The molecule has 0 saturated heterocycles. The van der Waals surface area contributed by atoms with Crippen molar-refractivity contribution < 1.29 is 14.9 Å². The van der Waals surface area contributed by atoms with Crippen molar-refractivity contribution in [3.8, 4) is 0 Å². The van der Waals surface area contributed by atoms with Gasteiger partial charge in [-0.05, 0) is 24.3 Å². The number of allylic oxidation sites excluding steroid dienone is 5. The zero-order chi connectivity index (χ0) is 14.2. The maximum Gasteiger partial charge on any atom is 0.284 e. The van der Waals surface area contributed by atoms with Crippen molar-refractivity contribution in [2.45, 2.75) is 0 Å². The summed E-state index contributed by atoms with van der Waals surface area (Å²) >= 11 is 0. The predicted molar refractivity (Wildman–Crippen MR) is 79.6 cm³/mol. The number of benzene rings is 1. The lowest BCUT2D eigenvalue weighted by Gasteiger charge is -2.23. The van der Waals surface area contributed by atoms with Crippen molar-refractivity contribution in [2.75, 3.05) is 31.2 Å². The van der Waals surface area contributed by atoms with Gasteiger partial charge in [0.25, 0.3) is 5.95 Å². The molecule has 106 valence electrons. The Kier molecular flexibility index (Phi) is 5.26. The number of aliphatic hydroxyl groups is 2. The van der Waals surface area contributed by atoms with Crippen LogP contribution in [0.25, 0.3) is 0 Å². The second-order valence-electron chi connectivity index (χ2n) is 4.37. The first-order chi connectivity index (χ1) is 9.81. The fourth-order valence-electron chi connectivity index (χ4n) is 1.98. The lowest BCUT2D eigenvalue weighted by Crippen LogP contribution is -2.30. The van der Waals surface area contributed by atoms with Gasteiger partial charge in [0.15, 0.2) is 0 Å². The zero-order valence-electron chi connectivity index (χ0n) is 11.3. The second kappa shape index (κ2) is 7.40. The van der Waals surface area contributed by atoms with Crippen molar-refractivity contribution in [1.82, 2.24) is 0 Å². The van der Waals surface area contributed by atoms with Crippen LogP contribution in [-0.4, -0.2) is 36.5 Å². The summed E-state index contributed by atoms with van der Waals surface area (Å²) in [5, 5.41) is 18.9. The highest BCUT2D eigenvalue weighted by Crippen LogP contribution is 2.14. The minimum atomic E-state index is -0.0630. The average Bonchev–Trinajstić information content (AvgIpc) is 3.01. The largest absolute Gasteiger partial charge is 0.481 e. The molecule has 20 heavy (non-hydrogen) atoms. The molecule has 0 spiro atoms. The van der Waals surface area contributed by atoms with Gasteiger partial charge in [0, 0.05) is 12.2 Å². The van der Waals surface area contributed by atoms with Crippen molar-refractivity contribution >= 4 is 5.69 Å². The van der Waals surface area contributed by atoms with Crippen LogP contribution in [0.1, 0.15) is 0 Å². The van der Waals surface area contributed by atoms with E-state index >= 15 is 0 Å². The number of hydrogen-bond donors (Lipinski definition) is 2. The van der Waals surface area contributed by atoms with E-state index in [9.17, 15) is 5.11 Å². The van der Waals surface area contributed by atoms with Gasteiger partial charge in [-0.15, -0.1) is 0 Å². The van der Waals surface area contributed by atoms with Crippen LogP contribution in [0.3, 0.4) is 0 Å². The molecule has 1 aliphatic carbocycles. The number of rotatable bonds is 7. The van der Waals surface area contributed by atoms with E-state index < -0.39 is 0 Å².